The van der Waals surface area contributed by atoms with Crippen LogP contribution < -0.4 is 5.32 Å². The summed E-state index contributed by atoms with van der Waals surface area (Å²) in [5.41, 5.74) is 0.267. The number of aryl methyl sites for hydroxylation is 1. The smallest absolute Gasteiger partial charge is 0.304 e. The Bertz CT molecular complexity index is 423. The number of carbonyl (C=O) groups excluding carboxylic acids is 1. The predicted molar refractivity (Wildman–Crippen MR) is 66.9 cm³/mol. The number of carboxylic acids is 1. The average Bonchev–Trinajstić information content (AvgIpc) is 2.58. The molecule has 0 aliphatic rings. The summed E-state index contributed by atoms with van der Waals surface area (Å²) in [6, 6.07) is 1.99. The van der Waals surface area contributed by atoms with Gasteiger partial charge in [0.2, 0.25) is 5.91 Å². The topological polar surface area (TPSA) is 66.4 Å². The summed E-state index contributed by atoms with van der Waals surface area (Å²) in [5, 5.41) is 13.5. The van der Waals surface area contributed by atoms with E-state index in [1.54, 1.807) is 25.2 Å². The van der Waals surface area contributed by atoms with Crippen molar-refractivity contribution in [2.75, 3.05) is 0 Å². The molecule has 0 bridgehead atoms. The van der Waals surface area contributed by atoms with Crippen LogP contribution in [0.25, 0.3) is 0 Å². The predicted octanol–water partition coefficient (Wildman–Crippen LogP) is 2.17. The lowest BCUT2D eigenvalue weighted by atomic mass is 9.88. The van der Waals surface area contributed by atoms with E-state index < -0.39 is 11.4 Å². The highest BCUT2D eigenvalue weighted by Crippen LogP contribution is 2.21. The first-order chi connectivity index (χ1) is 7.83. The van der Waals surface area contributed by atoms with Gasteiger partial charge in [-0.2, -0.15) is 0 Å². The quantitative estimate of drug-likeness (QED) is 0.847. The molecule has 0 saturated heterocycles. The molecule has 1 rings (SSSR count). The van der Waals surface area contributed by atoms with E-state index in [2.05, 4.69) is 5.32 Å². The number of carbonyl (C=O) groups is 2. The van der Waals surface area contributed by atoms with Crippen molar-refractivity contribution >= 4 is 23.2 Å². The SMILES string of the molecule is Cc1ccsc1CNC(=O)C(C)(C)CC(=O)O. The van der Waals surface area contributed by atoms with Gasteiger partial charge in [-0.1, -0.05) is 13.8 Å². The van der Waals surface area contributed by atoms with Crippen LogP contribution in [0.1, 0.15) is 30.7 Å². The van der Waals surface area contributed by atoms with Crippen LogP contribution in [0.4, 0.5) is 0 Å². The molecule has 5 heteroatoms. The van der Waals surface area contributed by atoms with Gasteiger partial charge < -0.3 is 10.4 Å². The number of thiophene rings is 1. The number of hydrogen-bond acceptors (Lipinski definition) is 3. The lowest BCUT2D eigenvalue weighted by Gasteiger charge is -2.21. The van der Waals surface area contributed by atoms with Gasteiger partial charge in [-0.05, 0) is 23.9 Å². The Balaban J connectivity index is 2.55. The molecule has 0 aliphatic carbocycles. The van der Waals surface area contributed by atoms with Gasteiger partial charge >= 0.3 is 5.97 Å². The second-order valence-corrected chi connectivity index (χ2v) is 5.66. The zero-order valence-corrected chi connectivity index (χ0v) is 11.1. The third-order valence-electron chi connectivity index (χ3n) is 2.59. The van der Waals surface area contributed by atoms with E-state index in [4.69, 9.17) is 5.11 Å². The summed E-state index contributed by atoms with van der Waals surface area (Å²) in [4.78, 5) is 23.6. The largest absolute Gasteiger partial charge is 0.481 e. The summed E-state index contributed by atoms with van der Waals surface area (Å²) in [5.74, 6) is -1.19. The van der Waals surface area contributed by atoms with Crippen LogP contribution in [0.5, 0.6) is 0 Å². The van der Waals surface area contributed by atoms with Crippen molar-refractivity contribution in [1.82, 2.24) is 5.32 Å². The Kier molecular flexibility index (Phi) is 4.28. The summed E-state index contributed by atoms with van der Waals surface area (Å²) >= 11 is 1.59. The minimum absolute atomic E-state index is 0.164. The first-order valence-corrected chi connectivity index (χ1v) is 6.24. The number of nitrogens with one attached hydrogen (secondary N) is 1. The number of hydrogen-bond donors (Lipinski definition) is 2. The van der Waals surface area contributed by atoms with E-state index in [1.165, 1.54) is 0 Å². The van der Waals surface area contributed by atoms with Crippen LogP contribution in [-0.2, 0) is 16.1 Å². The van der Waals surface area contributed by atoms with Crippen LogP contribution >= 0.6 is 11.3 Å². The van der Waals surface area contributed by atoms with Crippen molar-refractivity contribution in [3.8, 4) is 0 Å². The Morgan fingerprint density at radius 3 is 2.59 bits per heavy atom. The minimum atomic E-state index is -0.961. The number of carboxylic acid groups (broad SMARTS) is 1. The fourth-order valence-corrected chi connectivity index (χ4v) is 2.29. The molecule has 0 unspecified atom stereocenters. The van der Waals surface area contributed by atoms with E-state index in [-0.39, 0.29) is 12.3 Å². The Morgan fingerprint density at radius 2 is 2.12 bits per heavy atom. The number of amides is 1. The van der Waals surface area contributed by atoms with Crippen molar-refractivity contribution in [3.63, 3.8) is 0 Å². The van der Waals surface area contributed by atoms with Gasteiger partial charge in [0.1, 0.15) is 0 Å². The highest BCUT2D eigenvalue weighted by Gasteiger charge is 2.30. The molecule has 0 fully saturated rings. The lowest BCUT2D eigenvalue weighted by molar-refractivity contribution is -0.144. The van der Waals surface area contributed by atoms with Gasteiger partial charge in [-0.25, -0.2) is 0 Å². The Hall–Kier alpha value is -1.36. The zero-order valence-electron chi connectivity index (χ0n) is 10.2. The van der Waals surface area contributed by atoms with Crippen molar-refractivity contribution in [2.45, 2.75) is 33.7 Å². The van der Waals surface area contributed by atoms with Gasteiger partial charge in [-0.3, -0.25) is 9.59 Å². The number of aliphatic carboxylic acids is 1. The lowest BCUT2D eigenvalue weighted by Crippen LogP contribution is -2.37. The summed E-state index contributed by atoms with van der Waals surface area (Å²) < 4.78 is 0. The van der Waals surface area contributed by atoms with Gasteiger partial charge in [0.15, 0.2) is 0 Å². The minimum Gasteiger partial charge on any atom is -0.481 e. The van der Waals surface area contributed by atoms with E-state index >= 15 is 0 Å². The van der Waals surface area contributed by atoms with Crippen molar-refractivity contribution in [1.29, 1.82) is 0 Å². The Morgan fingerprint density at radius 1 is 1.47 bits per heavy atom. The first-order valence-electron chi connectivity index (χ1n) is 5.36. The fraction of sp³-hybridized carbons (Fsp3) is 0.500. The molecule has 0 saturated carbocycles. The zero-order chi connectivity index (χ0) is 13.1. The third-order valence-corrected chi connectivity index (χ3v) is 3.61. The summed E-state index contributed by atoms with van der Waals surface area (Å²) in [6.45, 7) is 5.72. The highest BCUT2D eigenvalue weighted by molar-refractivity contribution is 7.10. The van der Waals surface area contributed by atoms with Gasteiger partial charge in [0, 0.05) is 4.88 Å². The van der Waals surface area contributed by atoms with E-state index in [0.717, 1.165) is 10.4 Å². The molecule has 94 valence electrons. The molecule has 17 heavy (non-hydrogen) atoms. The maximum Gasteiger partial charge on any atom is 0.304 e. The van der Waals surface area contributed by atoms with Crippen LogP contribution in [0, 0.1) is 12.3 Å². The maximum atomic E-state index is 11.8. The Labute approximate surface area is 105 Å². The van der Waals surface area contributed by atoms with Crippen molar-refractivity contribution < 1.29 is 14.7 Å². The third kappa shape index (κ3) is 3.85. The van der Waals surface area contributed by atoms with Crippen molar-refractivity contribution in [2.24, 2.45) is 5.41 Å². The molecule has 0 atom stereocenters. The highest BCUT2D eigenvalue weighted by atomic mass is 32.1. The molecule has 1 heterocycles. The molecule has 0 spiro atoms. The summed E-state index contributed by atoms with van der Waals surface area (Å²) in [7, 11) is 0. The molecule has 1 aromatic rings. The van der Waals surface area contributed by atoms with Gasteiger partial charge in [-0.15, -0.1) is 11.3 Å². The van der Waals surface area contributed by atoms with E-state index in [1.807, 2.05) is 18.4 Å². The number of rotatable bonds is 5. The average molecular weight is 255 g/mol. The molecular formula is C12H17NO3S. The van der Waals surface area contributed by atoms with Crippen LogP contribution in [0.3, 0.4) is 0 Å². The molecule has 0 aromatic carbocycles. The molecule has 1 aromatic heterocycles. The first kappa shape index (κ1) is 13.7. The molecule has 1 amide bonds. The fourth-order valence-electron chi connectivity index (χ4n) is 1.44. The van der Waals surface area contributed by atoms with Gasteiger partial charge in [0.25, 0.3) is 0 Å². The standard InChI is InChI=1S/C12H17NO3S/c1-8-4-5-17-9(8)7-13-11(16)12(2,3)6-10(14)15/h4-5H,6-7H2,1-3H3,(H,13,16)(H,14,15). The molecule has 4 nitrogen and oxygen atoms in total. The van der Waals surface area contributed by atoms with Crippen LogP contribution in [-0.4, -0.2) is 17.0 Å². The maximum absolute atomic E-state index is 11.8. The van der Waals surface area contributed by atoms with Crippen molar-refractivity contribution in [3.05, 3.63) is 21.9 Å². The van der Waals surface area contributed by atoms with Crippen LogP contribution in [0.2, 0.25) is 0 Å². The second-order valence-electron chi connectivity index (χ2n) is 4.66. The molecule has 0 aliphatic heterocycles. The van der Waals surface area contributed by atoms with Crippen LogP contribution in [0.15, 0.2) is 11.4 Å². The summed E-state index contributed by atoms with van der Waals surface area (Å²) in [6.07, 6.45) is -0.164. The normalized spacial score (nSPS) is 11.2. The van der Waals surface area contributed by atoms with E-state index in [9.17, 15) is 9.59 Å². The molecular weight excluding hydrogens is 238 g/mol. The molecule has 0 radical (unpaired) electrons. The van der Waals surface area contributed by atoms with Gasteiger partial charge in [0.05, 0.1) is 18.4 Å². The monoisotopic (exact) mass is 255 g/mol. The second kappa shape index (κ2) is 5.31. The molecule has 2 N–H and O–H groups in total. The van der Waals surface area contributed by atoms with E-state index in [0.29, 0.717) is 6.54 Å².